The summed E-state index contributed by atoms with van der Waals surface area (Å²) in [7, 11) is -4.06. The number of carbonyl (C=O) groups excluding carboxylic acids is 1. The van der Waals surface area contributed by atoms with E-state index in [0.29, 0.717) is 11.6 Å². The molecule has 0 spiro atoms. The van der Waals surface area contributed by atoms with Gasteiger partial charge < -0.3 is 0 Å². The minimum atomic E-state index is -4.06. The molecule has 0 bridgehead atoms. The molecule has 0 saturated heterocycles. The number of amides is 1. The molecule has 1 N–H and O–H groups in total. The van der Waals surface area contributed by atoms with Crippen molar-refractivity contribution in [1.82, 2.24) is 9.29 Å². The first-order chi connectivity index (χ1) is 14.7. The summed E-state index contributed by atoms with van der Waals surface area (Å²) >= 11 is 1.22. The summed E-state index contributed by atoms with van der Waals surface area (Å²) in [5.74, 6) is -1.86. The van der Waals surface area contributed by atoms with E-state index in [1.54, 1.807) is 32.2 Å². The van der Waals surface area contributed by atoms with Gasteiger partial charge in [-0.25, -0.2) is 22.2 Å². The third-order valence-corrected chi connectivity index (χ3v) is 7.54. The second-order valence-corrected chi connectivity index (χ2v) is 9.65. The quantitative estimate of drug-likeness (QED) is 0.538. The molecule has 0 aliphatic rings. The van der Waals surface area contributed by atoms with E-state index in [-0.39, 0.29) is 24.5 Å². The number of sulfonamides is 1. The maximum absolute atomic E-state index is 14.3. The Bertz CT molecular complexity index is 1190. The highest BCUT2D eigenvalue weighted by Crippen LogP contribution is 2.24. The maximum atomic E-state index is 14.3. The number of hydrogen-bond donors (Lipinski definition) is 1. The summed E-state index contributed by atoms with van der Waals surface area (Å²) in [5.41, 5.74) is 0.764. The lowest BCUT2D eigenvalue weighted by molar-refractivity contribution is 0.102. The van der Waals surface area contributed by atoms with Gasteiger partial charge in [-0.1, -0.05) is 26.0 Å². The summed E-state index contributed by atoms with van der Waals surface area (Å²) in [4.78, 5) is 17.0. The zero-order valence-electron chi connectivity index (χ0n) is 16.9. The van der Waals surface area contributed by atoms with Gasteiger partial charge in [0.25, 0.3) is 5.91 Å². The number of thiazole rings is 1. The molecule has 0 atom stereocenters. The van der Waals surface area contributed by atoms with Crippen molar-refractivity contribution in [3.05, 3.63) is 76.3 Å². The molecule has 1 heterocycles. The van der Waals surface area contributed by atoms with Crippen LogP contribution in [0.15, 0.2) is 53.6 Å². The fourth-order valence-corrected chi connectivity index (χ4v) is 5.40. The third-order valence-electron chi connectivity index (χ3n) is 4.56. The highest BCUT2D eigenvalue weighted by molar-refractivity contribution is 7.89. The Morgan fingerprint density at radius 2 is 1.87 bits per heavy atom. The third kappa shape index (κ3) is 5.33. The lowest BCUT2D eigenvalue weighted by Gasteiger charge is -2.19. The number of aromatic nitrogens is 1. The molecule has 3 rings (SSSR count). The van der Waals surface area contributed by atoms with Crippen molar-refractivity contribution in [3.8, 4) is 0 Å². The number of nitrogens with zero attached hydrogens (tertiary/aromatic N) is 2. The van der Waals surface area contributed by atoms with Crippen LogP contribution in [0.1, 0.15) is 34.6 Å². The number of hydrogen-bond acceptors (Lipinski definition) is 5. The first-order valence-corrected chi connectivity index (χ1v) is 11.8. The molecule has 0 radical (unpaired) electrons. The molecule has 6 nitrogen and oxygen atoms in total. The molecular formula is C21H21F2N3O3S2. The van der Waals surface area contributed by atoms with Crippen LogP contribution in [0.25, 0.3) is 0 Å². The van der Waals surface area contributed by atoms with Gasteiger partial charge in [-0.2, -0.15) is 4.31 Å². The molecule has 1 amide bonds. The Balaban J connectivity index is 1.78. The largest absolute Gasteiger partial charge is 0.298 e. The molecule has 2 aromatic carbocycles. The van der Waals surface area contributed by atoms with Gasteiger partial charge in [-0.15, -0.1) is 11.3 Å². The lowest BCUT2D eigenvalue weighted by Crippen LogP contribution is -2.31. The zero-order valence-corrected chi connectivity index (χ0v) is 18.6. The van der Waals surface area contributed by atoms with Crippen molar-refractivity contribution in [2.45, 2.75) is 25.2 Å². The van der Waals surface area contributed by atoms with Crippen molar-refractivity contribution in [1.29, 1.82) is 0 Å². The van der Waals surface area contributed by atoms with Gasteiger partial charge in [0.1, 0.15) is 16.5 Å². The zero-order chi connectivity index (χ0) is 22.6. The average Bonchev–Trinajstić information content (AvgIpc) is 3.15. The van der Waals surface area contributed by atoms with Gasteiger partial charge in [-0.05, 0) is 35.9 Å². The minimum Gasteiger partial charge on any atom is -0.298 e. The number of nitrogens with one attached hydrogen (secondary N) is 1. The molecule has 0 saturated carbocycles. The molecule has 0 aliphatic heterocycles. The van der Waals surface area contributed by atoms with Crippen LogP contribution >= 0.6 is 11.3 Å². The van der Waals surface area contributed by atoms with Crippen LogP contribution in [0.2, 0.25) is 0 Å². The smallest absolute Gasteiger partial charge is 0.257 e. The predicted octanol–water partition coefficient (Wildman–Crippen LogP) is 4.29. The van der Waals surface area contributed by atoms with Crippen LogP contribution in [0.5, 0.6) is 0 Å². The number of rotatable bonds is 8. The Morgan fingerprint density at radius 3 is 2.55 bits per heavy atom. The second-order valence-electron chi connectivity index (χ2n) is 6.63. The summed E-state index contributed by atoms with van der Waals surface area (Å²) in [6.07, 6.45) is 2.03. The Labute approximate surface area is 183 Å². The predicted molar refractivity (Wildman–Crippen MR) is 116 cm³/mol. The van der Waals surface area contributed by atoms with Crippen LogP contribution in [0.3, 0.4) is 0 Å². The van der Waals surface area contributed by atoms with Crippen molar-refractivity contribution < 1.29 is 22.0 Å². The van der Waals surface area contributed by atoms with Crippen LogP contribution in [0.4, 0.5) is 13.9 Å². The van der Waals surface area contributed by atoms with Gasteiger partial charge in [0.2, 0.25) is 10.0 Å². The Morgan fingerprint density at radius 1 is 1.13 bits per heavy atom. The first-order valence-electron chi connectivity index (χ1n) is 9.54. The molecule has 0 unspecified atom stereocenters. The van der Waals surface area contributed by atoms with Crippen LogP contribution in [-0.2, 0) is 16.4 Å². The van der Waals surface area contributed by atoms with E-state index >= 15 is 0 Å². The van der Waals surface area contributed by atoms with Gasteiger partial charge in [0.15, 0.2) is 5.13 Å². The topological polar surface area (TPSA) is 79.4 Å². The number of benzene rings is 2. The number of anilines is 1. The minimum absolute atomic E-state index is 0.00554. The lowest BCUT2D eigenvalue weighted by atomic mass is 10.1. The summed E-state index contributed by atoms with van der Waals surface area (Å²) in [5, 5.41) is 2.89. The van der Waals surface area contributed by atoms with E-state index < -0.39 is 26.6 Å². The molecule has 1 aromatic heterocycles. The highest BCUT2D eigenvalue weighted by Gasteiger charge is 2.26. The molecule has 0 fully saturated rings. The molecule has 164 valence electrons. The molecule has 3 aromatic rings. The van der Waals surface area contributed by atoms with Crippen molar-refractivity contribution >= 4 is 32.4 Å². The average molecular weight is 466 g/mol. The molecule has 31 heavy (non-hydrogen) atoms. The van der Waals surface area contributed by atoms with Gasteiger partial charge >= 0.3 is 0 Å². The van der Waals surface area contributed by atoms with E-state index in [1.165, 1.54) is 29.5 Å². The summed E-state index contributed by atoms with van der Waals surface area (Å²) in [6, 6.07) is 9.40. The number of carbonyl (C=O) groups is 1. The van der Waals surface area contributed by atoms with Crippen molar-refractivity contribution in [2.75, 3.05) is 18.4 Å². The Kier molecular flexibility index (Phi) is 7.14. The van der Waals surface area contributed by atoms with Crippen LogP contribution < -0.4 is 5.32 Å². The van der Waals surface area contributed by atoms with Gasteiger partial charge in [0.05, 0.1) is 0 Å². The number of halogens is 2. The van der Waals surface area contributed by atoms with Gasteiger partial charge in [-0.3, -0.25) is 10.1 Å². The van der Waals surface area contributed by atoms with Crippen molar-refractivity contribution in [3.63, 3.8) is 0 Å². The Hall–Kier alpha value is -2.69. The maximum Gasteiger partial charge on any atom is 0.257 e. The molecular weight excluding hydrogens is 444 g/mol. The fourth-order valence-electron chi connectivity index (χ4n) is 3.01. The van der Waals surface area contributed by atoms with E-state index in [2.05, 4.69) is 10.3 Å². The van der Waals surface area contributed by atoms with E-state index in [4.69, 9.17) is 0 Å². The fraction of sp³-hybridized carbons (Fsp3) is 0.238. The SMILES string of the molecule is CCN(CC)S(=O)(=O)c1cc(C(=O)Nc2ncc(Cc3cccc(F)c3)s2)ccc1F. The summed E-state index contributed by atoms with van der Waals surface area (Å²) in [6.45, 7) is 3.67. The normalized spacial score (nSPS) is 11.6. The van der Waals surface area contributed by atoms with Crippen molar-refractivity contribution in [2.24, 2.45) is 0 Å². The monoisotopic (exact) mass is 465 g/mol. The summed E-state index contributed by atoms with van der Waals surface area (Å²) < 4.78 is 54.0. The van der Waals surface area contributed by atoms with Crippen LogP contribution in [-0.4, -0.2) is 36.7 Å². The van der Waals surface area contributed by atoms with Gasteiger partial charge in [0, 0.05) is 36.1 Å². The molecule has 0 aliphatic carbocycles. The highest BCUT2D eigenvalue weighted by atomic mass is 32.2. The second kappa shape index (κ2) is 9.63. The van der Waals surface area contributed by atoms with E-state index in [1.807, 2.05) is 0 Å². The molecule has 10 heteroatoms. The first kappa shape index (κ1) is 23.0. The standard InChI is InChI=1S/C21H21F2N3O3S2/c1-3-26(4-2)31(28,29)19-12-15(8-9-18(19)23)20(27)25-21-24-13-17(30-21)11-14-6-5-7-16(22)10-14/h5-10,12-13H,3-4,11H2,1-2H3,(H,24,25,27). The van der Waals surface area contributed by atoms with Crippen LogP contribution in [0, 0.1) is 11.6 Å². The van der Waals surface area contributed by atoms with E-state index in [0.717, 1.165) is 26.9 Å². The van der Waals surface area contributed by atoms with E-state index in [9.17, 15) is 22.0 Å².